The Labute approximate surface area is 147 Å². The summed E-state index contributed by atoms with van der Waals surface area (Å²) < 4.78 is 0. The number of aryl methyl sites for hydroxylation is 1. The van der Waals surface area contributed by atoms with Gasteiger partial charge in [0.1, 0.15) is 0 Å². The van der Waals surface area contributed by atoms with Crippen LogP contribution in [0.4, 0.5) is 0 Å². The Hall–Kier alpha value is -2.69. The SMILES string of the molecule is Cc1nccc(-c2ccccc2)c1C(=O)N1CC[C@@H]2CC(=O)N[C@@H]2C1. The molecule has 0 aliphatic carbocycles. The van der Waals surface area contributed by atoms with Gasteiger partial charge >= 0.3 is 0 Å². The Balaban J connectivity index is 1.66. The zero-order chi connectivity index (χ0) is 17.4. The summed E-state index contributed by atoms with van der Waals surface area (Å²) >= 11 is 0. The van der Waals surface area contributed by atoms with Gasteiger partial charge in [-0.2, -0.15) is 0 Å². The van der Waals surface area contributed by atoms with Crippen LogP contribution in [0.15, 0.2) is 42.6 Å². The minimum Gasteiger partial charge on any atom is -0.351 e. The van der Waals surface area contributed by atoms with Gasteiger partial charge in [-0.25, -0.2) is 0 Å². The minimum atomic E-state index is 0.00375. The Bertz CT molecular complexity index is 819. The third kappa shape index (κ3) is 2.90. The molecule has 5 nitrogen and oxygen atoms in total. The summed E-state index contributed by atoms with van der Waals surface area (Å²) in [5, 5.41) is 3.00. The lowest BCUT2D eigenvalue weighted by Crippen LogP contribution is -2.49. The van der Waals surface area contributed by atoms with Crippen LogP contribution in [0.5, 0.6) is 0 Å². The molecular weight excluding hydrogens is 314 g/mol. The van der Waals surface area contributed by atoms with Crippen molar-refractivity contribution in [2.24, 2.45) is 5.92 Å². The number of carbonyl (C=O) groups is 2. The molecule has 2 amide bonds. The molecule has 1 N–H and O–H groups in total. The van der Waals surface area contributed by atoms with E-state index in [0.717, 1.165) is 23.2 Å². The van der Waals surface area contributed by atoms with E-state index in [0.29, 0.717) is 31.0 Å². The molecule has 2 aromatic rings. The van der Waals surface area contributed by atoms with Crippen molar-refractivity contribution in [1.29, 1.82) is 0 Å². The molecule has 0 bridgehead atoms. The lowest BCUT2D eigenvalue weighted by atomic mass is 9.91. The number of hydrogen-bond acceptors (Lipinski definition) is 3. The highest BCUT2D eigenvalue weighted by molar-refractivity contribution is 6.02. The van der Waals surface area contributed by atoms with Crippen LogP contribution < -0.4 is 5.32 Å². The van der Waals surface area contributed by atoms with Crippen LogP contribution in [-0.4, -0.2) is 40.8 Å². The Kier molecular flexibility index (Phi) is 3.99. The molecule has 2 aliphatic rings. The van der Waals surface area contributed by atoms with Crippen molar-refractivity contribution in [3.8, 4) is 11.1 Å². The van der Waals surface area contributed by atoms with Crippen LogP contribution >= 0.6 is 0 Å². The molecule has 2 fully saturated rings. The number of piperidine rings is 1. The molecule has 1 aromatic carbocycles. The maximum Gasteiger partial charge on any atom is 0.256 e. The largest absolute Gasteiger partial charge is 0.351 e. The number of benzene rings is 1. The molecule has 3 heterocycles. The number of nitrogens with one attached hydrogen (secondary N) is 1. The number of nitrogens with zero attached hydrogens (tertiary/aromatic N) is 2. The van der Waals surface area contributed by atoms with E-state index in [1.165, 1.54) is 0 Å². The number of likely N-dealkylation sites (tertiary alicyclic amines) is 1. The van der Waals surface area contributed by atoms with Crippen molar-refractivity contribution in [3.05, 3.63) is 53.9 Å². The van der Waals surface area contributed by atoms with Gasteiger partial charge in [-0.05, 0) is 36.5 Å². The average Bonchev–Trinajstić information content (AvgIpc) is 3.01. The predicted molar refractivity (Wildman–Crippen MR) is 95.0 cm³/mol. The maximum atomic E-state index is 13.3. The average molecular weight is 335 g/mol. The van der Waals surface area contributed by atoms with Gasteiger partial charge in [0.2, 0.25) is 5.91 Å². The van der Waals surface area contributed by atoms with Crippen molar-refractivity contribution in [3.63, 3.8) is 0 Å². The van der Waals surface area contributed by atoms with Gasteiger partial charge in [-0.1, -0.05) is 30.3 Å². The van der Waals surface area contributed by atoms with Gasteiger partial charge in [0.25, 0.3) is 5.91 Å². The van der Waals surface area contributed by atoms with Gasteiger partial charge in [0.05, 0.1) is 11.3 Å². The summed E-state index contributed by atoms with van der Waals surface area (Å²) in [6, 6.07) is 11.9. The van der Waals surface area contributed by atoms with Crippen molar-refractivity contribution >= 4 is 11.8 Å². The van der Waals surface area contributed by atoms with Crippen LogP contribution in [0.3, 0.4) is 0 Å². The molecular formula is C20H21N3O2. The number of amides is 2. The highest BCUT2D eigenvalue weighted by Crippen LogP contribution is 2.30. The number of pyridine rings is 1. The molecule has 2 aliphatic heterocycles. The fraction of sp³-hybridized carbons (Fsp3) is 0.350. The summed E-state index contributed by atoms with van der Waals surface area (Å²) in [7, 11) is 0. The number of carbonyl (C=O) groups excluding carboxylic acids is 2. The van der Waals surface area contributed by atoms with E-state index < -0.39 is 0 Å². The number of hydrogen-bond donors (Lipinski definition) is 1. The van der Waals surface area contributed by atoms with Crippen molar-refractivity contribution in [2.45, 2.75) is 25.8 Å². The molecule has 0 unspecified atom stereocenters. The van der Waals surface area contributed by atoms with Gasteiger partial charge in [-0.3, -0.25) is 14.6 Å². The fourth-order valence-electron chi connectivity index (χ4n) is 3.95. The second-order valence-corrected chi connectivity index (χ2v) is 6.86. The molecule has 4 rings (SSSR count). The summed E-state index contributed by atoms with van der Waals surface area (Å²) in [4.78, 5) is 31.1. The van der Waals surface area contributed by atoms with E-state index in [4.69, 9.17) is 0 Å². The zero-order valence-electron chi connectivity index (χ0n) is 14.2. The summed E-state index contributed by atoms with van der Waals surface area (Å²) in [5.41, 5.74) is 3.33. The van der Waals surface area contributed by atoms with Crippen LogP contribution in [0, 0.1) is 12.8 Å². The van der Waals surface area contributed by atoms with E-state index in [9.17, 15) is 9.59 Å². The first kappa shape index (κ1) is 15.8. The first-order valence-electron chi connectivity index (χ1n) is 8.73. The van der Waals surface area contributed by atoms with Crippen LogP contribution in [0.25, 0.3) is 11.1 Å². The maximum absolute atomic E-state index is 13.3. The summed E-state index contributed by atoms with van der Waals surface area (Å²) in [6.45, 7) is 3.15. The van der Waals surface area contributed by atoms with Crippen molar-refractivity contribution < 1.29 is 9.59 Å². The quantitative estimate of drug-likeness (QED) is 0.917. The smallest absolute Gasteiger partial charge is 0.256 e. The van der Waals surface area contributed by atoms with Gasteiger partial charge < -0.3 is 10.2 Å². The van der Waals surface area contributed by atoms with Gasteiger partial charge in [0, 0.05) is 31.7 Å². The summed E-state index contributed by atoms with van der Waals surface area (Å²) in [6.07, 6.45) is 3.21. The normalized spacial score (nSPS) is 22.4. The first-order chi connectivity index (χ1) is 12.1. The first-order valence-corrected chi connectivity index (χ1v) is 8.73. The number of aromatic nitrogens is 1. The fourth-order valence-corrected chi connectivity index (χ4v) is 3.95. The van der Waals surface area contributed by atoms with E-state index in [2.05, 4.69) is 10.3 Å². The zero-order valence-corrected chi connectivity index (χ0v) is 14.2. The molecule has 25 heavy (non-hydrogen) atoms. The second kappa shape index (κ2) is 6.31. The van der Waals surface area contributed by atoms with Crippen molar-refractivity contribution in [1.82, 2.24) is 15.2 Å². The third-order valence-electron chi connectivity index (χ3n) is 5.28. The predicted octanol–water partition coefficient (Wildman–Crippen LogP) is 2.41. The van der Waals surface area contributed by atoms with Gasteiger partial charge in [0.15, 0.2) is 0 Å². The van der Waals surface area contributed by atoms with E-state index in [1.54, 1.807) is 6.20 Å². The molecule has 128 valence electrons. The molecule has 5 heteroatoms. The number of fused-ring (bicyclic) bond motifs is 1. The molecule has 0 saturated carbocycles. The number of rotatable bonds is 2. The molecule has 0 spiro atoms. The molecule has 1 aromatic heterocycles. The Morgan fingerprint density at radius 3 is 2.84 bits per heavy atom. The molecule has 2 saturated heterocycles. The van der Waals surface area contributed by atoms with Crippen LogP contribution in [0.2, 0.25) is 0 Å². The highest BCUT2D eigenvalue weighted by atomic mass is 16.2. The summed E-state index contributed by atoms with van der Waals surface area (Å²) in [5.74, 6) is 0.469. The lowest BCUT2D eigenvalue weighted by Gasteiger charge is -2.35. The Morgan fingerprint density at radius 1 is 1.24 bits per heavy atom. The van der Waals surface area contributed by atoms with Crippen LogP contribution in [-0.2, 0) is 4.79 Å². The van der Waals surface area contributed by atoms with Crippen molar-refractivity contribution in [2.75, 3.05) is 13.1 Å². The van der Waals surface area contributed by atoms with E-state index >= 15 is 0 Å². The third-order valence-corrected chi connectivity index (χ3v) is 5.28. The molecule has 0 radical (unpaired) electrons. The van der Waals surface area contributed by atoms with Crippen LogP contribution in [0.1, 0.15) is 28.9 Å². The van der Waals surface area contributed by atoms with E-state index in [-0.39, 0.29) is 17.9 Å². The topological polar surface area (TPSA) is 62.3 Å². The second-order valence-electron chi connectivity index (χ2n) is 6.86. The van der Waals surface area contributed by atoms with E-state index in [1.807, 2.05) is 48.2 Å². The highest BCUT2D eigenvalue weighted by Gasteiger charge is 2.38. The van der Waals surface area contributed by atoms with Gasteiger partial charge in [-0.15, -0.1) is 0 Å². The Morgan fingerprint density at radius 2 is 2.04 bits per heavy atom. The molecule has 2 atom stereocenters. The lowest BCUT2D eigenvalue weighted by molar-refractivity contribution is -0.119. The monoisotopic (exact) mass is 335 g/mol. The standard InChI is InChI=1S/C20H21N3O2/c1-13-19(16(7-9-21-13)14-5-3-2-4-6-14)20(25)23-10-8-15-11-18(24)22-17(15)12-23/h2-7,9,15,17H,8,10-12H2,1H3,(H,22,24)/t15-,17-/m1/s1. The minimum absolute atomic E-state index is 0.00375.